The summed E-state index contributed by atoms with van der Waals surface area (Å²) >= 11 is 0. The van der Waals surface area contributed by atoms with Gasteiger partial charge in [0.2, 0.25) is 0 Å². The highest BCUT2D eigenvalue weighted by molar-refractivity contribution is 5.96. The molecular weight excluding hydrogens is 228 g/mol. The summed E-state index contributed by atoms with van der Waals surface area (Å²) in [4.78, 5) is 16.0. The van der Waals surface area contributed by atoms with Crippen molar-refractivity contribution in [3.8, 4) is 0 Å². The minimum atomic E-state index is -0.0985. The molecule has 2 aromatic rings. The van der Waals surface area contributed by atoms with Crippen LogP contribution in [-0.2, 0) is 6.54 Å². The van der Waals surface area contributed by atoms with Gasteiger partial charge in [0.15, 0.2) is 0 Å². The second-order valence-electron chi connectivity index (χ2n) is 4.25. The number of rotatable bonds is 3. The monoisotopic (exact) mass is 244 g/mol. The van der Waals surface area contributed by atoms with Crippen LogP contribution < -0.4 is 5.32 Å². The molecule has 0 fully saturated rings. The zero-order chi connectivity index (χ0) is 13.1. The Labute approximate surface area is 106 Å². The lowest BCUT2D eigenvalue weighted by molar-refractivity contribution is 0.0949. The molecule has 4 heteroatoms. The molecule has 0 aliphatic heterocycles. The minimum absolute atomic E-state index is 0.0985. The fourth-order valence-corrected chi connectivity index (χ4v) is 1.90. The van der Waals surface area contributed by atoms with Gasteiger partial charge in [0, 0.05) is 24.5 Å². The molecule has 0 aliphatic rings. The van der Waals surface area contributed by atoms with Crippen molar-refractivity contribution in [1.82, 2.24) is 10.3 Å². The third-order valence-corrected chi connectivity index (χ3v) is 2.99. The molecular formula is C14H16N2O2. The third-order valence-electron chi connectivity index (χ3n) is 2.99. The molecule has 0 unspecified atom stereocenters. The first-order chi connectivity index (χ1) is 8.59. The smallest absolute Gasteiger partial charge is 0.255 e. The number of nitrogens with zero attached hydrogens (tertiary/aromatic N) is 1. The number of furan rings is 1. The van der Waals surface area contributed by atoms with Crippen LogP contribution in [0, 0.1) is 20.8 Å². The van der Waals surface area contributed by atoms with Crippen LogP contribution in [0.3, 0.4) is 0 Å². The van der Waals surface area contributed by atoms with Crippen LogP contribution in [0.5, 0.6) is 0 Å². The van der Waals surface area contributed by atoms with Crippen molar-refractivity contribution in [3.63, 3.8) is 0 Å². The summed E-state index contributed by atoms with van der Waals surface area (Å²) in [5.41, 5.74) is 2.56. The van der Waals surface area contributed by atoms with E-state index < -0.39 is 0 Å². The lowest BCUT2D eigenvalue weighted by Crippen LogP contribution is -2.23. The van der Waals surface area contributed by atoms with Crippen molar-refractivity contribution in [1.29, 1.82) is 0 Å². The van der Waals surface area contributed by atoms with Crippen molar-refractivity contribution < 1.29 is 9.21 Å². The predicted octanol–water partition coefficient (Wildman–Crippen LogP) is 2.53. The van der Waals surface area contributed by atoms with E-state index in [1.54, 1.807) is 19.3 Å². The summed E-state index contributed by atoms with van der Waals surface area (Å²) < 4.78 is 5.45. The number of aryl methyl sites for hydroxylation is 2. The number of nitrogens with one attached hydrogen (secondary N) is 1. The van der Waals surface area contributed by atoms with E-state index in [0.717, 1.165) is 16.9 Å². The Bertz CT molecular complexity index is 559. The van der Waals surface area contributed by atoms with Crippen LogP contribution in [0.1, 0.15) is 33.0 Å². The van der Waals surface area contributed by atoms with Gasteiger partial charge in [-0.15, -0.1) is 0 Å². The average molecular weight is 244 g/mol. The number of hydrogen-bond acceptors (Lipinski definition) is 3. The molecule has 0 spiro atoms. The number of carbonyl (C=O) groups is 1. The van der Waals surface area contributed by atoms with Crippen LogP contribution >= 0.6 is 0 Å². The van der Waals surface area contributed by atoms with Crippen LogP contribution in [0.25, 0.3) is 0 Å². The molecule has 18 heavy (non-hydrogen) atoms. The molecule has 1 amide bonds. The fraction of sp³-hybridized carbons (Fsp3) is 0.286. The zero-order valence-corrected chi connectivity index (χ0v) is 10.8. The first-order valence-corrected chi connectivity index (χ1v) is 5.83. The van der Waals surface area contributed by atoms with Gasteiger partial charge in [-0.2, -0.15) is 0 Å². The van der Waals surface area contributed by atoms with E-state index >= 15 is 0 Å². The molecule has 0 saturated carbocycles. The van der Waals surface area contributed by atoms with Gasteiger partial charge in [-0.1, -0.05) is 0 Å². The highest BCUT2D eigenvalue weighted by Crippen LogP contribution is 2.20. The highest BCUT2D eigenvalue weighted by atomic mass is 16.3. The standard InChI is InChI=1S/C14H16N2O2/c1-9-10(2)18-11(3)13(9)14(17)16-8-12-4-6-15-7-5-12/h4-7H,8H2,1-3H3,(H,16,17). The minimum Gasteiger partial charge on any atom is -0.466 e. The predicted molar refractivity (Wildman–Crippen MR) is 68.3 cm³/mol. The largest absolute Gasteiger partial charge is 0.466 e. The maximum atomic E-state index is 12.1. The molecule has 0 bridgehead atoms. The fourth-order valence-electron chi connectivity index (χ4n) is 1.90. The zero-order valence-electron chi connectivity index (χ0n) is 10.8. The number of pyridine rings is 1. The summed E-state index contributed by atoms with van der Waals surface area (Å²) in [5.74, 6) is 1.36. The van der Waals surface area contributed by atoms with Gasteiger partial charge in [-0.25, -0.2) is 0 Å². The summed E-state index contributed by atoms with van der Waals surface area (Å²) in [6.45, 7) is 6.06. The molecule has 0 saturated heterocycles. The van der Waals surface area contributed by atoms with E-state index in [-0.39, 0.29) is 5.91 Å². The Balaban J connectivity index is 2.09. The van der Waals surface area contributed by atoms with Gasteiger partial charge in [0.1, 0.15) is 11.5 Å². The maximum absolute atomic E-state index is 12.1. The van der Waals surface area contributed by atoms with Crippen LogP contribution in [-0.4, -0.2) is 10.9 Å². The van der Waals surface area contributed by atoms with E-state index in [0.29, 0.717) is 17.9 Å². The molecule has 1 N–H and O–H groups in total. The van der Waals surface area contributed by atoms with Gasteiger partial charge < -0.3 is 9.73 Å². The Morgan fingerprint density at radius 3 is 2.44 bits per heavy atom. The Kier molecular flexibility index (Phi) is 3.46. The van der Waals surface area contributed by atoms with Crippen LogP contribution in [0.2, 0.25) is 0 Å². The summed E-state index contributed by atoms with van der Waals surface area (Å²) in [7, 11) is 0. The van der Waals surface area contributed by atoms with Crippen LogP contribution in [0.4, 0.5) is 0 Å². The van der Waals surface area contributed by atoms with Gasteiger partial charge in [-0.05, 0) is 38.5 Å². The van der Waals surface area contributed by atoms with Crippen molar-refractivity contribution in [2.75, 3.05) is 0 Å². The van der Waals surface area contributed by atoms with Crippen molar-refractivity contribution in [3.05, 3.63) is 52.7 Å². The maximum Gasteiger partial charge on any atom is 0.255 e. The molecule has 2 rings (SSSR count). The molecule has 0 radical (unpaired) electrons. The average Bonchev–Trinajstić information content (AvgIpc) is 2.62. The number of carbonyl (C=O) groups excluding carboxylic acids is 1. The second-order valence-corrected chi connectivity index (χ2v) is 4.25. The quantitative estimate of drug-likeness (QED) is 0.902. The van der Waals surface area contributed by atoms with E-state index in [9.17, 15) is 4.79 Å². The number of aromatic nitrogens is 1. The lowest BCUT2D eigenvalue weighted by Gasteiger charge is -2.05. The summed E-state index contributed by atoms with van der Waals surface area (Å²) in [6, 6.07) is 3.75. The molecule has 0 atom stereocenters. The summed E-state index contributed by atoms with van der Waals surface area (Å²) in [5, 5.41) is 2.88. The molecule has 0 aromatic carbocycles. The van der Waals surface area contributed by atoms with Gasteiger partial charge in [0.25, 0.3) is 5.91 Å². The lowest BCUT2D eigenvalue weighted by atomic mass is 10.1. The Hall–Kier alpha value is -2.10. The van der Waals surface area contributed by atoms with Gasteiger partial charge in [0.05, 0.1) is 5.56 Å². The van der Waals surface area contributed by atoms with Gasteiger partial charge in [-0.3, -0.25) is 9.78 Å². The van der Waals surface area contributed by atoms with E-state index in [4.69, 9.17) is 4.42 Å². The van der Waals surface area contributed by atoms with Gasteiger partial charge >= 0.3 is 0 Å². The SMILES string of the molecule is Cc1oc(C)c(C(=O)NCc2ccncc2)c1C. The highest BCUT2D eigenvalue weighted by Gasteiger charge is 2.17. The van der Waals surface area contributed by atoms with E-state index in [2.05, 4.69) is 10.3 Å². The Morgan fingerprint density at radius 2 is 1.89 bits per heavy atom. The molecule has 2 aromatic heterocycles. The van der Waals surface area contributed by atoms with E-state index in [1.165, 1.54) is 0 Å². The number of hydrogen-bond donors (Lipinski definition) is 1. The first-order valence-electron chi connectivity index (χ1n) is 5.83. The Morgan fingerprint density at radius 1 is 1.22 bits per heavy atom. The molecule has 94 valence electrons. The summed E-state index contributed by atoms with van der Waals surface area (Å²) in [6.07, 6.45) is 3.42. The topological polar surface area (TPSA) is 55.1 Å². The number of amides is 1. The van der Waals surface area contributed by atoms with Crippen LogP contribution in [0.15, 0.2) is 28.9 Å². The third kappa shape index (κ3) is 2.42. The molecule has 0 aliphatic carbocycles. The first kappa shape index (κ1) is 12.4. The van der Waals surface area contributed by atoms with Crippen molar-refractivity contribution in [2.45, 2.75) is 27.3 Å². The van der Waals surface area contributed by atoms with Crippen molar-refractivity contribution in [2.24, 2.45) is 0 Å². The van der Waals surface area contributed by atoms with Crippen molar-refractivity contribution >= 4 is 5.91 Å². The molecule has 2 heterocycles. The normalized spacial score (nSPS) is 10.4. The molecule has 4 nitrogen and oxygen atoms in total. The second kappa shape index (κ2) is 5.04. The van der Waals surface area contributed by atoms with E-state index in [1.807, 2.05) is 26.0 Å².